The third kappa shape index (κ3) is 5.25. The summed E-state index contributed by atoms with van der Waals surface area (Å²) >= 11 is 13.3. The van der Waals surface area contributed by atoms with E-state index in [1.807, 2.05) is 38.1 Å². The summed E-state index contributed by atoms with van der Waals surface area (Å²) in [6.45, 7) is 3.86. The van der Waals surface area contributed by atoms with Crippen molar-refractivity contribution in [1.29, 1.82) is 0 Å². The second-order valence-corrected chi connectivity index (χ2v) is 7.76. The van der Waals surface area contributed by atoms with E-state index in [1.54, 1.807) is 18.2 Å². The van der Waals surface area contributed by atoms with Gasteiger partial charge in [-0.25, -0.2) is 0 Å². The van der Waals surface area contributed by atoms with Crippen molar-refractivity contribution in [2.45, 2.75) is 25.1 Å². The number of thioether (sulfide) groups is 1. The maximum atomic E-state index is 12.2. The molecular formula is C19H17Cl2N3O2S. The molecule has 3 rings (SSSR count). The fourth-order valence-corrected chi connectivity index (χ4v) is 3.65. The molecule has 0 bridgehead atoms. The molecule has 1 aromatic heterocycles. The van der Waals surface area contributed by atoms with Gasteiger partial charge in [-0.1, -0.05) is 58.7 Å². The summed E-state index contributed by atoms with van der Waals surface area (Å²) in [6, 6.07) is 12.7. The van der Waals surface area contributed by atoms with E-state index in [-0.39, 0.29) is 17.7 Å². The number of halogens is 2. The van der Waals surface area contributed by atoms with Gasteiger partial charge in [0.1, 0.15) is 0 Å². The van der Waals surface area contributed by atoms with Crippen LogP contribution in [0, 0.1) is 6.92 Å². The molecule has 0 aliphatic heterocycles. The molecule has 5 nitrogen and oxygen atoms in total. The fraction of sp³-hybridized carbons (Fsp3) is 0.211. The molecule has 1 unspecified atom stereocenters. The van der Waals surface area contributed by atoms with Crippen LogP contribution in [0.2, 0.25) is 10.0 Å². The van der Waals surface area contributed by atoms with Crippen molar-refractivity contribution < 1.29 is 9.21 Å². The van der Waals surface area contributed by atoms with Gasteiger partial charge in [0.2, 0.25) is 11.8 Å². The van der Waals surface area contributed by atoms with Crippen LogP contribution in [0.4, 0.5) is 0 Å². The molecule has 1 heterocycles. The lowest BCUT2D eigenvalue weighted by atomic mass is 10.1. The van der Waals surface area contributed by atoms with Gasteiger partial charge in [-0.05, 0) is 43.7 Å². The first-order valence-electron chi connectivity index (χ1n) is 8.20. The minimum atomic E-state index is -0.242. The molecule has 140 valence electrons. The number of carbonyl (C=O) groups is 1. The van der Waals surface area contributed by atoms with Crippen molar-refractivity contribution in [3.05, 3.63) is 63.6 Å². The van der Waals surface area contributed by atoms with E-state index in [9.17, 15) is 4.79 Å². The second kappa shape index (κ2) is 8.78. The first kappa shape index (κ1) is 19.7. The molecule has 0 aliphatic rings. The van der Waals surface area contributed by atoms with Crippen LogP contribution in [0.3, 0.4) is 0 Å². The zero-order chi connectivity index (χ0) is 19.4. The zero-order valence-electron chi connectivity index (χ0n) is 14.7. The lowest BCUT2D eigenvalue weighted by molar-refractivity contribution is -0.119. The third-order valence-electron chi connectivity index (χ3n) is 3.80. The van der Waals surface area contributed by atoms with Crippen molar-refractivity contribution >= 4 is 40.9 Å². The predicted molar refractivity (Wildman–Crippen MR) is 108 cm³/mol. The number of carbonyl (C=O) groups excluding carboxylic acids is 1. The zero-order valence-corrected chi connectivity index (χ0v) is 17.0. The highest BCUT2D eigenvalue weighted by molar-refractivity contribution is 7.99. The van der Waals surface area contributed by atoms with Crippen LogP contribution in [-0.4, -0.2) is 21.9 Å². The SMILES string of the molecule is Cc1cccc(-c2nnc(SCC(=O)NC(C)c3ccc(Cl)cc3Cl)o2)c1. The predicted octanol–water partition coefficient (Wildman–Crippen LogP) is 5.32. The summed E-state index contributed by atoms with van der Waals surface area (Å²) in [7, 11) is 0. The van der Waals surface area contributed by atoms with Gasteiger partial charge < -0.3 is 9.73 Å². The number of rotatable bonds is 6. The third-order valence-corrected chi connectivity index (χ3v) is 5.19. The van der Waals surface area contributed by atoms with Crippen LogP contribution < -0.4 is 5.32 Å². The number of aryl methyl sites for hydroxylation is 1. The molecule has 27 heavy (non-hydrogen) atoms. The van der Waals surface area contributed by atoms with Gasteiger partial charge in [-0.2, -0.15) is 0 Å². The molecule has 1 atom stereocenters. The summed E-state index contributed by atoms with van der Waals surface area (Å²) in [5.41, 5.74) is 2.76. The minimum absolute atomic E-state index is 0.158. The van der Waals surface area contributed by atoms with Crippen molar-refractivity contribution in [2.75, 3.05) is 5.75 Å². The average molecular weight is 422 g/mol. The number of benzene rings is 2. The summed E-state index contributed by atoms with van der Waals surface area (Å²) in [5, 5.41) is 12.3. The van der Waals surface area contributed by atoms with Gasteiger partial charge >= 0.3 is 0 Å². The molecule has 0 spiro atoms. The number of hydrogen-bond donors (Lipinski definition) is 1. The summed E-state index contributed by atoms with van der Waals surface area (Å²) in [5.74, 6) is 0.433. The summed E-state index contributed by atoms with van der Waals surface area (Å²) < 4.78 is 5.62. The Balaban J connectivity index is 1.56. The first-order chi connectivity index (χ1) is 12.9. The molecule has 2 aromatic carbocycles. The van der Waals surface area contributed by atoms with Crippen LogP contribution in [0.25, 0.3) is 11.5 Å². The first-order valence-corrected chi connectivity index (χ1v) is 9.94. The van der Waals surface area contributed by atoms with E-state index in [4.69, 9.17) is 27.6 Å². The number of nitrogens with one attached hydrogen (secondary N) is 1. The van der Waals surface area contributed by atoms with Crippen molar-refractivity contribution in [2.24, 2.45) is 0 Å². The van der Waals surface area contributed by atoms with Crippen LogP contribution >= 0.6 is 35.0 Å². The highest BCUT2D eigenvalue weighted by Crippen LogP contribution is 2.27. The molecule has 8 heteroatoms. The fourth-order valence-electron chi connectivity index (χ4n) is 2.50. The Morgan fingerprint density at radius 2 is 2.04 bits per heavy atom. The van der Waals surface area contributed by atoms with Crippen molar-refractivity contribution in [3.63, 3.8) is 0 Å². The van der Waals surface area contributed by atoms with E-state index >= 15 is 0 Å². The number of nitrogens with zero attached hydrogens (tertiary/aromatic N) is 2. The largest absolute Gasteiger partial charge is 0.411 e. The molecule has 0 fully saturated rings. The number of amides is 1. The van der Waals surface area contributed by atoms with Crippen molar-refractivity contribution in [1.82, 2.24) is 15.5 Å². The summed E-state index contributed by atoms with van der Waals surface area (Å²) in [4.78, 5) is 12.2. The van der Waals surface area contributed by atoms with E-state index in [0.717, 1.165) is 16.7 Å². The molecule has 1 N–H and O–H groups in total. The molecule has 0 saturated heterocycles. The van der Waals surface area contributed by atoms with Crippen molar-refractivity contribution in [3.8, 4) is 11.5 Å². The quantitative estimate of drug-likeness (QED) is 0.545. The normalized spacial score (nSPS) is 12.0. The Bertz CT molecular complexity index is 962. The van der Waals surface area contributed by atoms with Crippen LogP contribution in [0.15, 0.2) is 52.1 Å². The van der Waals surface area contributed by atoms with Crippen LogP contribution in [-0.2, 0) is 4.79 Å². The monoisotopic (exact) mass is 421 g/mol. The Labute approximate surface area is 171 Å². The minimum Gasteiger partial charge on any atom is -0.411 e. The summed E-state index contributed by atoms with van der Waals surface area (Å²) in [6.07, 6.45) is 0. The van der Waals surface area contributed by atoms with Gasteiger partial charge in [0, 0.05) is 15.6 Å². The Morgan fingerprint density at radius 1 is 1.22 bits per heavy atom. The highest BCUT2D eigenvalue weighted by atomic mass is 35.5. The maximum Gasteiger partial charge on any atom is 0.277 e. The standard InChI is InChI=1S/C19H17Cl2N3O2S/c1-11-4-3-5-13(8-11)18-23-24-19(26-18)27-10-17(25)22-12(2)15-7-6-14(20)9-16(15)21/h3-9,12H,10H2,1-2H3,(H,22,25). The Hall–Kier alpha value is -2.02. The lowest BCUT2D eigenvalue weighted by Crippen LogP contribution is -2.28. The Morgan fingerprint density at radius 3 is 2.78 bits per heavy atom. The van der Waals surface area contributed by atoms with Gasteiger partial charge in [-0.3, -0.25) is 4.79 Å². The van der Waals surface area contributed by atoms with Crippen LogP contribution in [0.1, 0.15) is 24.1 Å². The lowest BCUT2D eigenvalue weighted by Gasteiger charge is -2.15. The molecule has 0 aliphatic carbocycles. The van der Waals surface area contributed by atoms with Gasteiger partial charge in [0.15, 0.2) is 0 Å². The van der Waals surface area contributed by atoms with E-state index in [2.05, 4.69) is 15.5 Å². The van der Waals surface area contributed by atoms with E-state index < -0.39 is 0 Å². The number of hydrogen-bond acceptors (Lipinski definition) is 5. The number of aromatic nitrogens is 2. The molecule has 1 amide bonds. The highest BCUT2D eigenvalue weighted by Gasteiger charge is 2.15. The topological polar surface area (TPSA) is 68.0 Å². The van der Waals surface area contributed by atoms with E-state index in [1.165, 1.54) is 11.8 Å². The second-order valence-electron chi connectivity index (χ2n) is 5.99. The molecule has 0 saturated carbocycles. The Kier molecular flexibility index (Phi) is 6.42. The van der Waals surface area contributed by atoms with Gasteiger partial charge in [-0.15, -0.1) is 10.2 Å². The van der Waals surface area contributed by atoms with Crippen LogP contribution in [0.5, 0.6) is 0 Å². The van der Waals surface area contributed by atoms with Gasteiger partial charge in [0.25, 0.3) is 5.22 Å². The van der Waals surface area contributed by atoms with E-state index in [0.29, 0.717) is 21.2 Å². The smallest absolute Gasteiger partial charge is 0.277 e. The maximum absolute atomic E-state index is 12.2. The molecule has 0 radical (unpaired) electrons. The average Bonchev–Trinajstić information content (AvgIpc) is 3.09. The molecular weight excluding hydrogens is 405 g/mol. The van der Waals surface area contributed by atoms with Gasteiger partial charge in [0.05, 0.1) is 11.8 Å². The molecule has 3 aromatic rings.